The van der Waals surface area contributed by atoms with Crippen LogP contribution in [0.5, 0.6) is 11.6 Å². The Kier molecular flexibility index (Phi) is 3.31. The Hall–Kier alpha value is -2.46. The molecule has 3 rings (SSSR count). The first-order valence-electron chi connectivity index (χ1n) is 6.45. The molecule has 4 nitrogen and oxygen atoms in total. The molecule has 3 aromatic rings. The van der Waals surface area contributed by atoms with Crippen LogP contribution in [0.25, 0.3) is 10.9 Å². The Morgan fingerprint density at radius 1 is 1.15 bits per heavy atom. The van der Waals surface area contributed by atoms with E-state index in [1.807, 2.05) is 49.4 Å². The lowest BCUT2D eigenvalue weighted by Crippen LogP contribution is -2.02. The maximum absolute atomic E-state index is 5.86. The van der Waals surface area contributed by atoms with Gasteiger partial charge >= 0.3 is 0 Å². The van der Waals surface area contributed by atoms with Crippen molar-refractivity contribution in [3.05, 3.63) is 59.9 Å². The quantitative estimate of drug-likeness (QED) is 0.790. The van der Waals surface area contributed by atoms with E-state index >= 15 is 0 Å². The van der Waals surface area contributed by atoms with Gasteiger partial charge < -0.3 is 10.5 Å². The van der Waals surface area contributed by atoms with Gasteiger partial charge in [-0.2, -0.15) is 0 Å². The van der Waals surface area contributed by atoms with E-state index in [0.717, 1.165) is 22.2 Å². The molecule has 0 amide bonds. The van der Waals surface area contributed by atoms with Crippen LogP contribution in [0, 0.1) is 6.92 Å². The molecule has 0 fully saturated rings. The molecule has 0 spiro atoms. The Labute approximate surface area is 117 Å². The highest BCUT2D eigenvalue weighted by Crippen LogP contribution is 2.26. The molecule has 0 aliphatic carbocycles. The van der Waals surface area contributed by atoms with Gasteiger partial charge in [-0.05, 0) is 31.2 Å². The van der Waals surface area contributed by atoms with Gasteiger partial charge in [0.05, 0.1) is 5.52 Å². The van der Waals surface area contributed by atoms with E-state index < -0.39 is 0 Å². The van der Waals surface area contributed by atoms with Crippen LogP contribution in [0.15, 0.2) is 48.7 Å². The topological polar surface area (TPSA) is 61.0 Å². The molecule has 0 radical (unpaired) electrons. The smallest absolute Gasteiger partial charge is 0.223 e. The van der Waals surface area contributed by atoms with E-state index in [-0.39, 0.29) is 0 Å². The molecule has 0 saturated carbocycles. The number of nitrogens with two attached hydrogens (primary N) is 1. The van der Waals surface area contributed by atoms with Gasteiger partial charge in [0, 0.05) is 35.5 Å². The number of fused-ring (bicyclic) bond motifs is 1. The number of aromatic nitrogens is 2. The van der Waals surface area contributed by atoms with Gasteiger partial charge in [-0.1, -0.05) is 12.1 Å². The Balaban J connectivity index is 1.98. The van der Waals surface area contributed by atoms with E-state index in [1.165, 1.54) is 0 Å². The molecule has 20 heavy (non-hydrogen) atoms. The highest BCUT2D eigenvalue weighted by atomic mass is 16.5. The van der Waals surface area contributed by atoms with E-state index in [9.17, 15) is 0 Å². The summed E-state index contributed by atoms with van der Waals surface area (Å²) < 4.78 is 5.86. The first-order chi connectivity index (χ1) is 9.76. The molecule has 0 saturated heterocycles. The number of hydrogen-bond acceptors (Lipinski definition) is 4. The predicted molar refractivity (Wildman–Crippen MR) is 78.7 cm³/mol. The molecule has 2 N–H and O–H groups in total. The van der Waals surface area contributed by atoms with E-state index in [2.05, 4.69) is 9.97 Å². The SMILES string of the molecule is Cc1ccc(CN)c(Oc2ccc3cccnc3c2)n1. The molecule has 2 aromatic heterocycles. The summed E-state index contributed by atoms with van der Waals surface area (Å²) in [5.74, 6) is 1.27. The van der Waals surface area contributed by atoms with Crippen molar-refractivity contribution in [3.63, 3.8) is 0 Å². The Morgan fingerprint density at radius 3 is 2.90 bits per heavy atom. The van der Waals surface area contributed by atoms with E-state index in [0.29, 0.717) is 18.2 Å². The standard InChI is InChI=1S/C16H15N3O/c1-11-4-5-13(10-17)16(19-11)20-14-7-6-12-3-2-8-18-15(12)9-14/h2-9H,10,17H2,1H3. The zero-order valence-electron chi connectivity index (χ0n) is 11.2. The molecule has 1 aromatic carbocycles. The molecule has 2 heterocycles. The molecular formula is C16H15N3O. The zero-order valence-corrected chi connectivity index (χ0v) is 11.2. The minimum absolute atomic E-state index is 0.397. The number of benzene rings is 1. The van der Waals surface area contributed by atoms with Crippen molar-refractivity contribution < 1.29 is 4.74 Å². The minimum Gasteiger partial charge on any atom is -0.439 e. The van der Waals surface area contributed by atoms with Crippen LogP contribution >= 0.6 is 0 Å². The van der Waals surface area contributed by atoms with Gasteiger partial charge in [0.2, 0.25) is 5.88 Å². The second-order valence-electron chi connectivity index (χ2n) is 4.58. The maximum atomic E-state index is 5.86. The van der Waals surface area contributed by atoms with Crippen molar-refractivity contribution >= 4 is 10.9 Å². The van der Waals surface area contributed by atoms with Crippen LogP contribution < -0.4 is 10.5 Å². The number of hydrogen-bond donors (Lipinski definition) is 1. The van der Waals surface area contributed by atoms with E-state index in [4.69, 9.17) is 10.5 Å². The summed E-state index contributed by atoms with van der Waals surface area (Å²) in [7, 11) is 0. The summed E-state index contributed by atoms with van der Waals surface area (Å²) in [6, 6.07) is 13.6. The van der Waals surface area contributed by atoms with Crippen molar-refractivity contribution in [2.75, 3.05) is 0 Å². The summed E-state index contributed by atoms with van der Waals surface area (Å²) in [6.45, 7) is 2.32. The van der Waals surface area contributed by atoms with Gasteiger partial charge in [-0.15, -0.1) is 0 Å². The van der Waals surface area contributed by atoms with Crippen LogP contribution in [0.4, 0.5) is 0 Å². The molecule has 100 valence electrons. The monoisotopic (exact) mass is 265 g/mol. The predicted octanol–water partition coefficient (Wildman–Crippen LogP) is 3.19. The minimum atomic E-state index is 0.397. The average molecular weight is 265 g/mol. The van der Waals surface area contributed by atoms with Crippen LogP contribution in [-0.2, 0) is 6.54 Å². The highest BCUT2D eigenvalue weighted by Gasteiger charge is 2.07. The van der Waals surface area contributed by atoms with Crippen molar-refractivity contribution in [2.45, 2.75) is 13.5 Å². The summed E-state index contributed by atoms with van der Waals surface area (Å²) in [4.78, 5) is 8.72. The van der Waals surface area contributed by atoms with Gasteiger partial charge in [0.25, 0.3) is 0 Å². The lowest BCUT2D eigenvalue weighted by molar-refractivity contribution is 0.455. The Morgan fingerprint density at radius 2 is 2.05 bits per heavy atom. The van der Waals surface area contributed by atoms with Crippen molar-refractivity contribution in [1.29, 1.82) is 0 Å². The number of rotatable bonds is 3. The summed E-state index contributed by atoms with van der Waals surface area (Å²) in [6.07, 6.45) is 1.77. The molecule has 0 bridgehead atoms. The third-order valence-corrected chi connectivity index (χ3v) is 3.09. The van der Waals surface area contributed by atoms with Crippen LogP contribution in [-0.4, -0.2) is 9.97 Å². The number of nitrogens with zero attached hydrogens (tertiary/aromatic N) is 2. The molecule has 0 aliphatic heterocycles. The van der Waals surface area contributed by atoms with E-state index in [1.54, 1.807) is 6.20 Å². The molecule has 0 aliphatic rings. The third kappa shape index (κ3) is 2.46. The molecule has 0 atom stereocenters. The van der Waals surface area contributed by atoms with Crippen LogP contribution in [0.3, 0.4) is 0 Å². The lowest BCUT2D eigenvalue weighted by atomic mass is 10.2. The third-order valence-electron chi connectivity index (χ3n) is 3.09. The first-order valence-corrected chi connectivity index (χ1v) is 6.45. The normalized spacial score (nSPS) is 10.7. The zero-order chi connectivity index (χ0) is 13.9. The molecular weight excluding hydrogens is 250 g/mol. The lowest BCUT2D eigenvalue weighted by Gasteiger charge is -2.10. The van der Waals surface area contributed by atoms with Crippen LogP contribution in [0.2, 0.25) is 0 Å². The summed E-state index contributed by atoms with van der Waals surface area (Å²) >= 11 is 0. The molecule has 0 unspecified atom stereocenters. The van der Waals surface area contributed by atoms with Crippen molar-refractivity contribution in [3.8, 4) is 11.6 Å². The summed E-state index contributed by atoms with van der Waals surface area (Å²) in [5, 5.41) is 1.08. The number of aryl methyl sites for hydroxylation is 1. The van der Waals surface area contributed by atoms with Crippen molar-refractivity contribution in [1.82, 2.24) is 9.97 Å². The fraction of sp³-hybridized carbons (Fsp3) is 0.125. The Bertz CT molecular complexity index is 756. The molecule has 4 heteroatoms. The summed E-state index contributed by atoms with van der Waals surface area (Å²) in [5.41, 5.74) is 8.39. The van der Waals surface area contributed by atoms with Gasteiger partial charge in [0.1, 0.15) is 5.75 Å². The van der Waals surface area contributed by atoms with Crippen LogP contribution in [0.1, 0.15) is 11.3 Å². The second kappa shape index (κ2) is 5.27. The fourth-order valence-corrected chi connectivity index (χ4v) is 2.03. The van der Waals surface area contributed by atoms with Gasteiger partial charge in [-0.25, -0.2) is 4.98 Å². The van der Waals surface area contributed by atoms with Gasteiger partial charge in [-0.3, -0.25) is 4.98 Å². The fourth-order valence-electron chi connectivity index (χ4n) is 2.03. The highest BCUT2D eigenvalue weighted by molar-refractivity contribution is 5.79. The number of pyridine rings is 2. The largest absolute Gasteiger partial charge is 0.439 e. The average Bonchev–Trinajstić information content (AvgIpc) is 2.47. The number of ether oxygens (including phenoxy) is 1. The first kappa shape index (κ1) is 12.6. The van der Waals surface area contributed by atoms with Crippen molar-refractivity contribution in [2.24, 2.45) is 5.73 Å². The second-order valence-corrected chi connectivity index (χ2v) is 4.58. The maximum Gasteiger partial charge on any atom is 0.223 e. The van der Waals surface area contributed by atoms with Gasteiger partial charge in [0.15, 0.2) is 0 Å².